The summed E-state index contributed by atoms with van der Waals surface area (Å²) in [5, 5.41) is 13.0. The maximum absolute atomic E-state index is 12.6. The lowest BCUT2D eigenvalue weighted by Crippen LogP contribution is -2.38. The molecule has 0 radical (unpaired) electrons. The summed E-state index contributed by atoms with van der Waals surface area (Å²) in [6.45, 7) is 2.53. The van der Waals surface area contributed by atoms with E-state index in [0.29, 0.717) is 19.4 Å². The van der Waals surface area contributed by atoms with Crippen LogP contribution in [0.15, 0.2) is 41.0 Å². The number of amides is 1. The second-order valence-electron chi connectivity index (χ2n) is 9.09. The molecule has 6 heteroatoms. The van der Waals surface area contributed by atoms with Gasteiger partial charge in [-0.05, 0) is 30.7 Å². The van der Waals surface area contributed by atoms with E-state index in [1.54, 1.807) is 0 Å². The van der Waals surface area contributed by atoms with E-state index in [-0.39, 0.29) is 23.9 Å². The molecule has 1 saturated carbocycles. The molecule has 6 nitrogen and oxygen atoms in total. The van der Waals surface area contributed by atoms with Gasteiger partial charge in [0, 0.05) is 6.54 Å². The first-order chi connectivity index (χ1) is 15.5. The predicted octanol–water partition coefficient (Wildman–Crippen LogP) is 5.52. The number of carbonyl (C=O) groups excluding carboxylic acids is 1. The zero-order valence-corrected chi connectivity index (χ0v) is 19.1. The van der Waals surface area contributed by atoms with Gasteiger partial charge in [0.1, 0.15) is 11.7 Å². The van der Waals surface area contributed by atoms with Crippen molar-refractivity contribution in [2.75, 3.05) is 6.54 Å². The highest BCUT2D eigenvalue weighted by molar-refractivity contribution is 5.92. The van der Waals surface area contributed by atoms with Crippen molar-refractivity contribution in [3.05, 3.63) is 53.7 Å². The molecule has 1 atom stereocenters. The minimum absolute atomic E-state index is 0.0955. The second kappa shape index (κ2) is 11.8. The monoisotopic (exact) mass is 440 g/mol. The van der Waals surface area contributed by atoms with E-state index in [0.717, 1.165) is 24.3 Å². The molecule has 1 fully saturated rings. The highest BCUT2D eigenvalue weighted by Crippen LogP contribution is 2.34. The van der Waals surface area contributed by atoms with Crippen molar-refractivity contribution in [1.29, 1.82) is 0 Å². The predicted molar refractivity (Wildman–Crippen MR) is 124 cm³/mol. The molecule has 1 amide bonds. The summed E-state index contributed by atoms with van der Waals surface area (Å²) in [7, 11) is 0. The van der Waals surface area contributed by atoms with Crippen molar-refractivity contribution >= 4 is 11.9 Å². The maximum Gasteiger partial charge on any atom is 0.319 e. The van der Waals surface area contributed by atoms with Gasteiger partial charge in [0.25, 0.3) is 5.91 Å². The van der Waals surface area contributed by atoms with Gasteiger partial charge in [-0.1, -0.05) is 88.6 Å². The summed E-state index contributed by atoms with van der Waals surface area (Å²) in [6.07, 6.45) is 12.7. The Labute approximate surface area is 190 Å². The molecule has 174 valence electrons. The Kier molecular flexibility index (Phi) is 8.89. The van der Waals surface area contributed by atoms with E-state index >= 15 is 0 Å². The van der Waals surface area contributed by atoms with Gasteiger partial charge in [0.15, 0.2) is 5.69 Å². The number of nitrogens with zero attached hydrogens (tertiary/aromatic N) is 1. The summed E-state index contributed by atoms with van der Waals surface area (Å²) in [5.74, 6) is -0.351. The summed E-state index contributed by atoms with van der Waals surface area (Å²) >= 11 is 0. The van der Waals surface area contributed by atoms with Gasteiger partial charge < -0.3 is 14.8 Å². The van der Waals surface area contributed by atoms with Gasteiger partial charge in [-0.3, -0.25) is 9.59 Å². The number of carboxylic acid groups (broad SMARTS) is 1. The van der Waals surface area contributed by atoms with Crippen molar-refractivity contribution in [3.8, 4) is 0 Å². The van der Waals surface area contributed by atoms with Gasteiger partial charge in [0.2, 0.25) is 5.89 Å². The van der Waals surface area contributed by atoms with Crippen molar-refractivity contribution in [2.24, 2.45) is 5.92 Å². The number of unbranched alkanes of at least 4 members (excludes halogenated alkanes) is 1. The topological polar surface area (TPSA) is 92.4 Å². The normalized spacial score (nSPS) is 16.4. The average molecular weight is 441 g/mol. The van der Waals surface area contributed by atoms with E-state index in [1.807, 2.05) is 37.3 Å². The molecule has 1 aromatic heterocycles. The molecule has 1 heterocycles. The van der Waals surface area contributed by atoms with Crippen LogP contribution < -0.4 is 5.32 Å². The second-order valence-corrected chi connectivity index (χ2v) is 9.09. The number of carbonyl (C=O) groups is 2. The van der Waals surface area contributed by atoms with E-state index in [9.17, 15) is 14.7 Å². The molecular formula is C26H36N2O4. The van der Waals surface area contributed by atoms with Crippen molar-refractivity contribution in [3.63, 3.8) is 0 Å². The number of rotatable bonds is 12. The van der Waals surface area contributed by atoms with Crippen molar-refractivity contribution in [1.82, 2.24) is 10.3 Å². The first-order valence-electron chi connectivity index (χ1n) is 12.1. The third-order valence-corrected chi connectivity index (χ3v) is 6.63. The van der Waals surface area contributed by atoms with Gasteiger partial charge in [0.05, 0.1) is 0 Å². The van der Waals surface area contributed by atoms with Gasteiger partial charge in [-0.25, -0.2) is 4.98 Å². The third-order valence-electron chi connectivity index (χ3n) is 6.63. The molecule has 1 unspecified atom stereocenters. The van der Waals surface area contributed by atoms with Crippen LogP contribution >= 0.6 is 0 Å². The van der Waals surface area contributed by atoms with E-state index in [1.165, 1.54) is 44.8 Å². The molecule has 2 N–H and O–H groups in total. The van der Waals surface area contributed by atoms with Crippen molar-refractivity contribution < 1.29 is 19.1 Å². The first kappa shape index (κ1) is 24.0. The molecular weight excluding hydrogens is 404 g/mol. The van der Waals surface area contributed by atoms with Crippen LogP contribution in [0.25, 0.3) is 0 Å². The maximum atomic E-state index is 12.6. The molecule has 3 rings (SSSR count). The minimum atomic E-state index is -1.30. The Hall–Kier alpha value is -2.63. The summed E-state index contributed by atoms with van der Waals surface area (Å²) in [6, 6.07) is 9.47. The van der Waals surface area contributed by atoms with Crippen LogP contribution in [0.1, 0.15) is 93.1 Å². The van der Waals surface area contributed by atoms with Gasteiger partial charge >= 0.3 is 5.97 Å². The Morgan fingerprint density at radius 2 is 1.91 bits per heavy atom. The molecule has 0 aliphatic heterocycles. The molecule has 32 heavy (non-hydrogen) atoms. The SMILES string of the molecule is CCCC(Cc1ccccc1)(C(=O)O)c1nc(C(=O)NCCCCC2CCCCC2)co1. The molecule has 0 saturated heterocycles. The number of oxazole rings is 1. The van der Waals surface area contributed by atoms with Gasteiger partial charge in [-0.15, -0.1) is 0 Å². The number of nitrogens with one attached hydrogen (secondary N) is 1. The Balaban J connectivity index is 1.59. The van der Waals surface area contributed by atoms with E-state index in [2.05, 4.69) is 10.3 Å². The highest BCUT2D eigenvalue weighted by Gasteiger charge is 2.44. The number of hydrogen-bond acceptors (Lipinski definition) is 4. The lowest BCUT2D eigenvalue weighted by molar-refractivity contribution is -0.145. The molecule has 2 aromatic rings. The Bertz CT molecular complexity index is 858. The zero-order chi connectivity index (χ0) is 22.8. The molecule has 1 aliphatic carbocycles. The van der Waals surface area contributed by atoms with Crippen LogP contribution in [-0.2, 0) is 16.6 Å². The molecule has 1 aromatic carbocycles. The van der Waals surface area contributed by atoms with E-state index in [4.69, 9.17) is 4.42 Å². The Morgan fingerprint density at radius 1 is 1.16 bits per heavy atom. The van der Waals surface area contributed by atoms with Crippen LogP contribution in [0.2, 0.25) is 0 Å². The van der Waals surface area contributed by atoms with Gasteiger partial charge in [-0.2, -0.15) is 0 Å². The fraction of sp³-hybridized carbons (Fsp3) is 0.577. The quantitative estimate of drug-likeness (QED) is 0.424. The molecule has 1 aliphatic rings. The average Bonchev–Trinajstić information content (AvgIpc) is 3.30. The van der Waals surface area contributed by atoms with Crippen molar-refractivity contribution in [2.45, 2.75) is 83.0 Å². The fourth-order valence-electron chi connectivity index (χ4n) is 4.84. The standard InChI is InChI=1S/C26H36N2O4/c1-2-16-26(25(30)31,18-21-14-7-4-8-15-21)24-28-22(19-32-24)23(29)27-17-10-9-13-20-11-5-3-6-12-20/h4,7-8,14-15,19-20H,2-3,5-6,9-13,16-18H2,1H3,(H,27,29)(H,30,31). The molecule has 0 spiro atoms. The van der Waals surface area contributed by atoms with Crippen LogP contribution in [0.5, 0.6) is 0 Å². The van der Waals surface area contributed by atoms with Crippen LogP contribution in [-0.4, -0.2) is 28.5 Å². The van der Waals surface area contributed by atoms with Crippen LogP contribution in [0.4, 0.5) is 0 Å². The molecule has 0 bridgehead atoms. The number of hydrogen-bond donors (Lipinski definition) is 2. The highest BCUT2D eigenvalue weighted by atomic mass is 16.4. The third kappa shape index (κ3) is 6.21. The summed E-state index contributed by atoms with van der Waals surface area (Å²) < 4.78 is 5.59. The minimum Gasteiger partial charge on any atom is -0.480 e. The van der Waals surface area contributed by atoms with Crippen LogP contribution in [0, 0.1) is 5.92 Å². The number of benzene rings is 1. The fourth-order valence-corrected chi connectivity index (χ4v) is 4.84. The number of aliphatic carboxylic acids is 1. The lowest BCUT2D eigenvalue weighted by atomic mass is 9.77. The smallest absolute Gasteiger partial charge is 0.319 e. The number of carboxylic acids is 1. The Morgan fingerprint density at radius 3 is 2.59 bits per heavy atom. The van der Waals surface area contributed by atoms with Crippen LogP contribution in [0.3, 0.4) is 0 Å². The largest absolute Gasteiger partial charge is 0.480 e. The first-order valence-corrected chi connectivity index (χ1v) is 12.1. The number of aromatic nitrogens is 1. The lowest BCUT2D eigenvalue weighted by Gasteiger charge is -2.26. The zero-order valence-electron chi connectivity index (χ0n) is 19.1. The summed E-state index contributed by atoms with van der Waals surface area (Å²) in [5.41, 5.74) is -0.262. The van der Waals surface area contributed by atoms with E-state index < -0.39 is 11.4 Å². The summed E-state index contributed by atoms with van der Waals surface area (Å²) in [4.78, 5) is 29.3.